The van der Waals surface area contributed by atoms with Gasteiger partial charge in [0.25, 0.3) is 0 Å². The summed E-state index contributed by atoms with van der Waals surface area (Å²) in [5.41, 5.74) is 0.186. The fraction of sp³-hybridized carbons (Fsp3) is 0.667. The largest absolute Gasteiger partial charge is 0.396 e. The summed E-state index contributed by atoms with van der Waals surface area (Å²) >= 11 is 0. The molecule has 8 heteroatoms. The summed E-state index contributed by atoms with van der Waals surface area (Å²) in [4.78, 5) is 18.9. The van der Waals surface area contributed by atoms with Crippen LogP contribution in [-0.2, 0) is 0 Å². The summed E-state index contributed by atoms with van der Waals surface area (Å²) in [6.07, 6.45) is 1.24. The van der Waals surface area contributed by atoms with Gasteiger partial charge >= 0.3 is 5.69 Å². The Kier molecular flexibility index (Phi) is 6.10. The van der Waals surface area contributed by atoms with Gasteiger partial charge in [-0.1, -0.05) is 6.92 Å². The maximum atomic E-state index is 11.2. The van der Waals surface area contributed by atoms with Gasteiger partial charge < -0.3 is 15.7 Å². The number of aliphatic hydroxyl groups excluding tert-OH is 1. The Labute approximate surface area is 117 Å². The molecule has 1 rings (SSSR count). The van der Waals surface area contributed by atoms with E-state index in [9.17, 15) is 10.1 Å². The van der Waals surface area contributed by atoms with Gasteiger partial charge in [0.1, 0.15) is 5.69 Å². The standard InChI is InChI=1S/C12H21N5O3/c1-4-9(6-7-18)15-11-10(17(19)20)8(3)14-12(16-11)13-5-2/h9,18H,4-7H2,1-3H3,(H2,13,14,15,16). The first-order valence-corrected chi connectivity index (χ1v) is 6.67. The minimum absolute atomic E-state index is 0.0173. The van der Waals surface area contributed by atoms with Crippen molar-refractivity contribution in [1.29, 1.82) is 0 Å². The highest BCUT2D eigenvalue weighted by atomic mass is 16.6. The summed E-state index contributed by atoms with van der Waals surface area (Å²) in [7, 11) is 0. The van der Waals surface area contributed by atoms with Crippen LogP contribution in [0.1, 0.15) is 32.4 Å². The van der Waals surface area contributed by atoms with Gasteiger partial charge in [-0.15, -0.1) is 0 Å². The van der Waals surface area contributed by atoms with E-state index in [0.717, 1.165) is 6.42 Å². The molecule has 0 amide bonds. The molecule has 112 valence electrons. The van der Waals surface area contributed by atoms with Gasteiger partial charge in [0, 0.05) is 19.2 Å². The number of anilines is 2. The lowest BCUT2D eigenvalue weighted by Crippen LogP contribution is -2.22. The number of rotatable bonds is 8. The highest BCUT2D eigenvalue weighted by molar-refractivity contribution is 5.61. The molecule has 1 aromatic heterocycles. The molecule has 1 unspecified atom stereocenters. The Morgan fingerprint density at radius 2 is 2.10 bits per heavy atom. The topological polar surface area (TPSA) is 113 Å². The van der Waals surface area contributed by atoms with Crippen molar-refractivity contribution >= 4 is 17.5 Å². The molecular formula is C12H21N5O3. The first-order chi connectivity index (χ1) is 9.53. The van der Waals surface area contributed by atoms with Gasteiger partial charge in [-0.05, 0) is 26.7 Å². The molecule has 8 nitrogen and oxygen atoms in total. The van der Waals surface area contributed by atoms with Crippen LogP contribution in [0.2, 0.25) is 0 Å². The minimum atomic E-state index is -0.487. The van der Waals surface area contributed by atoms with Crippen molar-refractivity contribution in [2.75, 3.05) is 23.8 Å². The van der Waals surface area contributed by atoms with Crippen LogP contribution in [0.4, 0.5) is 17.5 Å². The molecule has 0 saturated heterocycles. The van der Waals surface area contributed by atoms with E-state index in [0.29, 0.717) is 24.6 Å². The second-order valence-electron chi connectivity index (χ2n) is 4.38. The van der Waals surface area contributed by atoms with Crippen molar-refractivity contribution in [1.82, 2.24) is 9.97 Å². The number of nitro groups is 1. The van der Waals surface area contributed by atoms with Crippen molar-refractivity contribution in [2.45, 2.75) is 39.7 Å². The van der Waals surface area contributed by atoms with E-state index in [-0.39, 0.29) is 24.2 Å². The Bertz CT molecular complexity index is 467. The van der Waals surface area contributed by atoms with Crippen LogP contribution in [0.25, 0.3) is 0 Å². The third-order valence-corrected chi connectivity index (χ3v) is 2.89. The van der Waals surface area contributed by atoms with Gasteiger partial charge in [0.15, 0.2) is 0 Å². The molecule has 0 aliphatic rings. The monoisotopic (exact) mass is 283 g/mol. The lowest BCUT2D eigenvalue weighted by atomic mass is 10.1. The lowest BCUT2D eigenvalue weighted by molar-refractivity contribution is -0.385. The predicted molar refractivity (Wildman–Crippen MR) is 77.0 cm³/mol. The highest BCUT2D eigenvalue weighted by Gasteiger charge is 2.23. The molecule has 0 aromatic carbocycles. The van der Waals surface area contributed by atoms with Gasteiger partial charge in [-0.2, -0.15) is 4.98 Å². The number of aromatic nitrogens is 2. The van der Waals surface area contributed by atoms with E-state index < -0.39 is 4.92 Å². The molecule has 0 saturated carbocycles. The second kappa shape index (κ2) is 7.59. The first-order valence-electron chi connectivity index (χ1n) is 6.67. The van der Waals surface area contributed by atoms with Crippen molar-refractivity contribution < 1.29 is 10.0 Å². The van der Waals surface area contributed by atoms with Crippen LogP contribution < -0.4 is 10.6 Å². The van der Waals surface area contributed by atoms with Gasteiger partial charge in [-0.3, -0.25) is 10.1 Å². The summed E-state index contributed by atoms with van der Waals surface area (Å²) in [5.74, 6) is 0.552. The first kappa shape index (κ1) is 16.1. The Morgan fingerprint density at radius 3 is 2.60 bits per heavy atom. The third-order valence-electron chi connectivity index (χ3n) is 2.89. The van der Waals surface area contributed by atoms with E-state index >= 15 is 0 Å². The molecule has 1 atom stereocenters. The van der Waals surface area contributed by atoms with E-state index in [4.69, 9.17) is 5.11 Å². The van der Waals surface area contributed by atoms with Crippen LogP contribution >= 0.6 is 0 Å². The Morgan fingerprint density at radius 1 is 1.40 bits per heavy atom. The Balaban J connectivity index is 3.15. The van der Waals surface area contributed by atoms with Crippen molar-refractivity contribution in [3.8, 4) is 0 Å². The maximum Gasteiger partial charge on any atom is 0.332 e. The van der Waals surface area contributed by atoms with Gasteiger partial charge in [-0.25, -0.2) is 4.98 Å². The van der Waals surface area contributed by atoms with Crippen LogP contribution in [0.15, 0.2) is 0 Å². The molecule has 0 radical (unpaired) electrons. The summed E-state index contributed by atoms with van der Waals surface area (Å²) in [6.45, 7) is 6.07. The molecular weight excluding hydrogens is 262 g/mol. The molecule has 0 fully saturated rings. The molecule has 1 heterocycles. The fourth-order valence-electron chi connectivity index (χ4n) is 1.85. The van der Waals surface area contributed by atoms with Crippen LogP contribution in [-0.4, -0.2) is 39.2 Å². The SMILES string of the molecule is CCNc1nc(C)c([N+](=O)[O-])c(NC(CC)CCO)n1. The molecule has 3 N–H and O–H groups in total. The van der Waals surface area contributed by atoms with Crippen LogP contribution in [0.3, 0.4) is 0 Å². The number of nitrogens with one attached hydrogen (secondary N) is 2. The molecule has 0 bridgehead atoms. The van der Waals surface area contributed by atoms with Crippen molar-refractivity contribution in [3.05, 3.63) is 15.8 Å². The number of nitrogens with zero attached hydrogens (tertiary/aromatic N) is 3. The normalized spacial score (nSPS) is 12.0. The lowest BCUT2D eigenvalue weighted by Gasteiger charge is -2.17. The second-order valence-corrected chi connectivity index (χ2v) is 4.38. The average Bonchev–Trinajstić information content (AvgIpc) is 2.37. The van der Waals surface area contributed by atoms with Crippen LogP contribution in [0, 0.1) is 17.0 Å². The van der Waals surface area contributed by atoms with E-state index in [1.807, 2.05) is 13.8 Å². The summed E-state index contributed by atoms with van der Waals surface area (Å²) < 4.78 is 0. The smallest absolute Gasteiger partial charge is 0.332 e. The zero-order valence-electron chi connectivity index (χ0n) is 12.0. The Hall–Kier alpha value is -1.96. The molecule has 0 aliphatic carbocycles. The summed E-state index contributed by atoms with van der Waals surface area (Å²) in [5, 5.41) is 26.1. The van der Waals surface area contributed by atoms with E-state index in [1.165, 1.54) is 0 Å². The fourth-order valence-corrected chi connectivity index (χ4v) is 1.85. The number of hydrogen-bond donors (Lipinski definition) is 3. The maximum absolute atomic E-state index is 11.2. The van der Waals surface area contributed by atoms with E-state index in [1.54, 1.807) is 6.92 Å². The average molecular weight is 283 g/mol. The zero-order valence-corrected chi connectivity index (χ0v) is 12.0. The van der Waals surface area contributed by atoms with Crippen molar-refractivity contribution in [3.63, 3.8) is 0 Å². The van der Waals surface area contributed by atoms with E-state index in [2.05, 4.69) is 20.6 Å². The number of hydrogen-bond acceptors (Lipinski definition) is 7. The molecule has 0 spiro atoms. The minimum Gasteiger partial charge on any atom is -0.396 e. The predicted octanol–water partition coefficient (Wildman–Crippen LogP) is 1.70. The molecule has 1 aromatic rings. The quantitative estimate of drug-likeness (QED) is 0.491. The summed E-state index contributed by atoms with van der Waals surface area (Å²) in [6, 6.07) is -0.0672. The number of aryl methyl sites for hydroxylation is 1. The molecule has 20 heavy (non-hydrogen) atoms. The van der Waals surface area contributed by atoms with Crippen LogP contribution in [0.5, 0.6) is 0 Å². The highest BCUT2D eigenvalue weighted by Crippen LogP contribution is 2.27. The third kappa shape index (κ3) is 4.02. The molecule has 0 aliphatic heterocycles. The van der Waals surface area contributed by atoms with Gasteiger partial charge in [0.05, 0.1) is 4.92 Å². The zero-order chi connectivity index (χ0) is 15.1. The number of aliphatic hydroxyl groups is 1. The van der Waals surface area contributed by atoms with Crippen molar-refractivity contribution in [2.24, 2.45) is 0 Å². The van der Waals surface area contributed by atoms with Gasteiger partial charge in [0.2, 0.25) is 11.8 Å².